The third-order valence-electron chi connectivity index (χ3n) is 6.15. The van der Waals surface area contributed by atoms with Crippen molar-refractivity contribution in [2.45, 2.75) is 56.5 Å². The molecule has 10 heteroatoms. The summed E-state index contributed by atoms with van der Waals surface area (Å²) >= 11 is 6.15. The van der Waals surface area contributed by atoms with Crippen LogP contribution in [0.4, 0.5) is 4.39 Å². The van der Waals surface area contributed by atoms with E-state index in [0.717, 1.165) is 49.9 Å². The molecular formula is C21H28ClFN6O2. The third-order valence-corrected chi connectivity index (χ3v) is 6.37. The number of nitrogens with one attached hydrogen (secondary N) is 5. The van der Waals surface area contributed by atoms with Crippen LogP contribution in [0, 0.1) is 0 Å². The first-order valence-corrected chi connectivity index (χ1v) is 11.3. The molecule has 1 saturated carbocycles. The van der Waals surface area contributed by atoms with Gasteiger partial charge in [0.25, 0.3) is 0 Å². The van der Waals surface area contributed by atoms with E-state index in [0.29, 0.717) is 23.3 Å². The third kappa shape index (κ3) is 4.74. The molecule has 0 radical (unpaired) electrons. The molecule has 5 rings (SSSR count). The fraction of sp³-hybridized carbons (Fsp3) is 0.571. The van der Waals surface area contributed by atoms with Crippen LogP contribution < -0.4 is 26.7 Å². The Balaban J connectivity index is 1.22. The number of aliphatic imine (C=N–C) groups is 1. The number of amidine groups is 1. The highest BCUT2D eigenvalue weighted by atomic mass is 35.5. The van der Waals surface area contributed by atoms with Gasteiger partial charge in [-0.15, -0.1) is 0 Å². The molecule has 4 heterocycles. The predicted molar refractivity (Wildman–Crippen MR) is 116 cm³/mol. The van der Waals surface area contributed by atoms with Gasteiger partial charge in [0.15, 0.2) is 11.6 Å². The van der Waals surface area contributed by atoms with Crippen LogP contribution in [0.1, 0.15) is 32.1 Å². The molecule has 1 unspecified atom stereocenters. The standard InChI is InChI=1S/C21H28ClFN6O2/c22-12-6-16-17(9-25-19(16)24-8-12)20-26-10-18(23)21(28-20)27-13-2-1-3-14(7-13)29-31-15-4-5-30-11-15/h6,8-9,13-15,19,24-25,27,29H,1-5,7,10-11H2,(H,26,28)/t13-,14+,15-,19?/m0/s1. The van der Waals surface area contributed by atoms with Crippen LogP contribution in [-0.2, 0) is 9.57 Å². The Labute approximate surface area is 186 Å². The largest absolute Gasteiger partial charge is 0.379 e. The lowest BCUT2D eigenvalue weighted by molar-refractivity contribution is -0.0527. The van der Waals surface area contributed by atoms with Crippen molar-refractivity contribution >= 4 is 17.4 Å². The molecule has 5 aliphatic rings. The van der Waals surface area contributed by atoms with Crippen LogP contribution in [0.3, 0.4) is 0 Å². The minimum atomic E-state index is -0.282. The summed E-state index contributed by atoms with van der Waals surface area (Å²) in [5.41, 5.74) is 5.07. The molecule has 5 N–H and O–H groups in total. The van der Waals surface area contributed by atoms with E-state index in [1.165, 1.54) is 0 Å². The van der Waals surface area contributed by atoms with Gasteiger partial charge in [-0.25, -0.2) is 9.38 Å². The Morgan fingerprint density at radius 2 is 2.06 bits per heavy atom. The average molecular weight is 451 g/mol. The van der Waals surface area contributed by atoms with Crippen LogP contribution in [-0.4, -0.2) is 49.9 Å². The van der Waals surface area contributed by atoms with Crippen LogP contribution in [0.25, 0.3) is 0 Å². The first kappa shape index (κ1) is 20.8. The van der Waals surface area contributed by atoms with Gasteiger partial charge in [0.2, 0.25) is 0 Å². The van der Waals surface area contributed by atoms with Gasteiger partial charge in [-0.1, -0.05) is 11.6 Å². The molecule has 2 fully saturated rings. The number of nitrogens with zero attached hydrogens (tertiary/aromatic N) is 1. The molecule has 0 aromatic carbocycles. The van der Waals surface area contributed by atoms with Crippen LogP contribution >= 0.6 is 11.6 Å². The number of hydrogen-bond acceptors (Lipinski definition) is 8. The maximum Gasteiger partial charge on any atom is 0.162 e. The second kappa shape index (κ2) is 9.20. The molecule has 0 aromatic heterocycles. The summed E-state index contributed by atoms with van der Waals surface area (Å²) in [6, 6.07) is 0.366. The monoisotopic (exact) mass is 450 g/mol. The number of dihydropyridines is 1. The maximum absolute atomic E-state index is 14.6. The molecule has 31 heavy (non-hydrogen) atoms. The summed E-state index contributed by atoms with van der Waals surface area (Å²) in [5.74, 6) is 0.656. The molecule has 4 aliphatic heterocycles. The Hall–Kier alpha value is -2.07. The van der Waals surface area contributed by atoms with Gasteiger partial charge in [-0.2, -0.15) is 5.48 Å². The second-order valence-electron chi connectivity index (χ2n) is 8.45. The van der Waals surface area contributed by atoms with Gasteiger partial charge in [-0.05, 0) is 31.8 Å². The van der Waals surface area contributed by atoms with Crippen molar-refractivity contribution < 1.29 is 14.0 Å². The molecule has 168 valence electrons. The lowest BCUT2D eigenvalue weighted by atomic mass is 9.91. The minimum Gasteiger partial charge on any atom is -0.379 e. The van der Waals surface area contributed by atoms with Gasteiger partial charge in [0.1, 0.15) is 18.1 Å². The summed E-state index contributed by atoms with van der Waals surface area (Å²) in [7, 11) is 0. The number of hydrogen-bond donors (Lipinski definition) is 5. The number of hydroxylamine groups is 1. The highest BCUT2D eigenvalue weighted by molar-refractivity contribution is 6.31. The van der Waals surface area contributed by atoms with E-state index in [9.17, 15) is 4.39 Å². The van der Waals surface area contributed by atoms with E-state index < -0.39 is 0 Å². The van der Waals surface area contributed by atoms with Gasteiger partial charge < -0.3 is 26.0 Å². The van der Waals surface area contributed by atoms with Gasteiger partial charge in [-0.3, -0.25) is 4.84 Å². The molecule has 0 spiro atoms. The van der Waals surface area contributed by atoms with E-state index in [-0.39, 0.29) is 36.7 Å². The van der Waals surface area contributed by atoms with Gasteiger partial charge in [0, 0.05) is 48.7 Å². The highest BCUT2D eigenvalue weighted by Crippen LogP contribution is 2.28. The fourth-order valence-electron chi connectivity index (χ4n) is 4.50. The summed E-state index contributed by atoms with van der Waals surface area (Å²) in [4.78, 5) is 10.4. The number of allylic oxidation sites excluding steroid dienone is 2. The van der Waals surface area contributed by atoms with E-state index in [4.69, 9.17) is 21.2 Å². The summed E-state index contributed by atoms with van der Waals surface area (Å²) in [6.45, 7) is 1.50. The van der Waals surface area contributed by atoms with Crippen molar-refractivity contribution in [3.63, 3.8) is 0 Å². The van der Waals surface area contributed by atoms with E-state index in [1.807, 2.05) is 12.3 Å². The second-order valence-corrected chi connectivity index (χ2v) is 8.88. The van der Waals surface area contributed by atoms with Crippen molar-refractivity contribution in [1.29, 1.82) is 0 Å². The van der Waals surface area contributed by atoms with E-state index in [1.54, 1.807) is 6.20 Å². The summed E-state index contributed by atoms with van der Waals surface area (Å²) in [6.07, 6.45) is 10.4. The maximum atomic E-state index is 14.6. The van der Waals surface area contributed by atoms with E-state index in [2.05, 4.69) is 31.7 Å². The normalized spacial score (nSPS) is 32.7. The van der Waals surface area contributed by atoms with Crippen molar-refractivity contribution in [1.82, 2.24) is 26.7 Å². The zero-order valence-electron chi connectivity index (χ0n) is 17.2. The Morgan fingerprint density at radius 1 is 1.19 bits per heavy atom. The lowest BCUT2D eigenvalue weighted by Gasteiger charge is -2.32. The molecule has 1 saturated heterocycles. The van der Waals surface area contributed by atoms with Crippen molar-refractivity contribution in [2.75, 3.05) is 19.8 Å². The van der Waals surface area contributed by atoms with Crippen LogP contribution in [0.15, 0.2) is 51.3 Å². The molecule has 0 bridgehead atoms. The fourth-order valence-corrected chi connectivity index (χ4v) is 4.68. The van der Waals surface area contributed by atoms with Crippen molar-refractivity contribution in [3.05, 3.63) is 46.3 Å². The molecule has 4 atom stereocenters. The van der Waals surface area contributed by atoms with E-state index >= 15 is 0 Å². The first-order chi connectivity index (χ1) is 15.2. The summed E-state index contributed by atoms with van der Waals surface area (Å²) in [5, 5.41) is 13.5. The topological polar surface area (TPSA) is 91.0 Å². The number of ether oxygens (including phenoxy) is 1. The smallest absolute Gasteiger partial charge is 0.162 e. The first-order valence-electron chi connectivity index (χ1n) is 10.9. The molecule has 0 aromatic rings. The number of rotatable bonds is 6. The van der Waals surface area contributed by atoms with Crippen LogP contribution in [0.2, 0.25) is 0 Å². The number of halogens is 2. The molecular weight excluding hydrogens is 423 g/mol. The van der Waals surface area contributed by atoms with Crippen LogP contribution in [0.5, 0.6) is 0 Å². The van der Waals surface area contributed by atoms with Gasteiger partial charge >= 0.3 is 0 Å². The molecule has 0 amide bonds. The quantitative estimate of drug-likeness (QED) is 0.394. The Morgan fingerprint density at radius 3 is 2.94 bits per heavy atom. The average Bonchev–Trinajstić information content (AvgIpc) is 3.44. The van der Waals surface area contributed by atoms with Crippen molar-refractivity contribution in [2.24, 2.45) is 4.99 Å². The minimum absolute atomic E-state index is 0.0513. The predicted octanol–water partition coefficient (Wildman–Crippen LogP) is 1.76. The zero-order valence-corrected chi connectivity index (χ0v) is 18.0. The Kier molecular flexibility index (Phi) is 6.17. The zero-order chi connectivity index (χ0) is 21.2. The highest BCUT2D eigenvalue weighted by Gasteiger charge is 2.31. The summed E-state index contributed by atoms with van der Waals surface area (Å²) < 4.78 is 20.0. The molecule has 8 nitrogen and oxygen atoms in total. The van der Waals surface area contributed by atoms with Gasteiger partial charge in [0.05, 0.1) is 18.2 Å². The molecule has 1 aliphatic carbocycles. The lowest BCUT2D eigenvalue weighted by Crippen LogP contribution is -2.44. The SMILES string of the molecule is FC1=C(N[C@H]2CCC[C@@H](NO[C@H]3CCOC3)C2)N=C(C2=CNC3NC=C(Cl)C=C23)NC1. The van der Waals surface area contributed by atoms with Crippen molar-refractivity contribution in [3.8, 4) is 0 Å². The Bertz CT molecular complexity index is 864. The number of fused-ring (bicyclic) bond motifs is 1.